The molecule has 0 aliphatic carbocycles. The Morgan fingerprint density at radius 3 is 2.84 bits per heavy atom. The Bertz CT molecular complexity index is 1220. The zero-order valence-electron chi connectivity index (χ0n) is 16.9. The Hall–Kier alpha value is -3.92. The lowest BCUT2D eigenvalue weighted by molar-refractivity contribution is -0.122. The largest absolute Gasteiger partial charge is 0.495 e. The van der Waals surface area contributed by atoms with E-state index in [0.717, 1.165) is 6.20 Å². The van der Waals surface area contributed by atoms with Gasteiger partial charge in [-0.05, 0) is 37.3 Å². The van der Waals surface area contributed by atoms with Gasteiger partial charge in [0.15, 0.2) is 24.0 Å². The van der Waals surface area contributed by atoms with Crippen LogP contribution in [0.25, 0.3) is 0 Å². The van der Waals surface area contributed by atoms with Crippen molar-refractivity contribution in [2.75, 3.05) is 23.1 Å². The number of amides is 1. The second kappa shape index (κ2) is 8.67. The van der Waals surface area contributed by atoms with Crippen LogP contribution in [0.2, 0.25) is 5.02 Å². The van der Waals surface area contributed by atoms with E-state index < -0.39 is 11.9 Å². The van der Waals surface area contributed by atoms with Crippen molar-refractivity contribution in [2.24, 2.45) is 0 Å². The predicted molar refractivity (Wildman–Crippen MR) is 117 cm³/mol. The number of halogens is 2. The fraction of sp³-hybridized carbons (Fsp3) is 0.143. The van der Waals surface area contributed by atoms with Crippen LogP contribution in [0.1, 0.15) is 17.3 Å². The van der Waals surface area contributed by atoms with E-state index in [2.05, 4.69) is 25.9 Å². The minimum Gasteiger partial charge on any atom is -0.495 e. The molecule has 32 heavy (non-hydrogen) atoms. The van der Waals surface area contributed by atoms with Crippen molar-refractivity contribution < 1.29 is 23.5 Å². The highest BCUT2D eigenvalue weighted by Crippen LogP contribution is 2.34. The Kier molecular flexibility index (Phi) is 5.78. The molecule has 3 N–H and O–H groups in total. The third-order valence-corrected chi connectivity index (χ3v) is 4.91. The standard InChI is InChI=1S/C21H17ClFN5O4/c1-10-20(30)26-16-6-12(3-4-17(16)32-10)25-19-14(23)8-24-21(28-19)27-15-7-13(22)18(31-2)5-11(15)9-29/h3-10H,1-2H3,(H,26,30)(H2,24,25,27,28)/t10-/m0/s1. The molecule has 0 bridgehead atoms. The van der Waals surface area contributed by atoms with Crippen LogP contribution < -0.4 is 25.4 Å². The second-order valence-corrected chi connectivity index (χ2v) is 7.20. The van der Waals surface area contributed by atoms with Gasteiger partial charge in [0, 0.05) is 11.3 Å². The number of anilines is 5. The third kappa shape index (κ3) is 4.26. The summed E-state index contributed by atoms with van der Waals surface area (Å²) < 4.78 is 25.0. The molecule has 0 unspecified atom stereocenters. The van der Waals surface area contributed by atoms with Gasteiger partial charge in [0.05, 0.1) is 29.7 Å². The fourth-order valence-corrected chi connectivity index (χ4v) is 3.23. The molecule has 164 valence electrons. The maximum absolute atomic E-state index is 14.4. The molecular weight excluding hydrogens is 441 g/mol. The number of aromatic nitrogens is 2. The van der Waals surface area contributed by atoms with Crippen LogP contribution in [0.5, 0.6) is 11.5 Å². The van der Waals surface area contributed by atoms with E-state index in [1.54, 1.807) is 25.1 Å². The smallest absolute Gasteiger partial charge is 0.265 e. The van der Waals surface area contributed by atoms with E-state index in [-0.39, 0.29) is 28.3 Å². The first kappa shape index (κ1) is 21.3. The maximum Gasteiger partial charge on any atom is 0.265 e. The molecule has 1 atom stereocenters. The van der Waals surface area contributed by atoms with Gasteiger partial charge in [0.2, 0.25) is 5.95 Å². The van der Waals surface area contributed by atoms with Crippen molar-refractivity contribution in [3.63, 3.8) is 0 Å². The number of carbonyl (C=O) groups is 2. The van der Waals surface area contributed by atoms with E-state index in [0.29, 0.717) is 34.8 Å². The number of nitrogens with zero attached hydrogens (tertiary/aromatic N) is 2. The number of methoxy groups -OCH3 is 1. The molecule has 1 aliphatic heterocycles. The maximum atomic E-state index is 14.4. The fourth-order valence-electron chi connectivity index (χ4n) is 2.99. The Morgan fingerprint density at radius 1 is 1.28 bits per heavy atom. The molecule has 3 aromatic rings. The average molecular weight is 458 g/mol. The van der Waals surface area contributed by atoms with Gasteiger partial charge in [-0.15, -0.1) is 0 Å². The lowest BCUT2D eigenvalue weighted by Gasteiger charge is -2.23. The number of rotatable bonds is 6. The summed E-state index contributed by atoms with van der Waals surface area (Å²) in [5, 5.41) is 8.69. The third-order valence-electron chi connectivity index (χ3n) is 4.61. The Balaban J connectivity index is 1.59. The van der Waals surface area contributed by atoms with Crippen molar-refractivity contribution in [1.82, 2.24) is 9.97 Å². The highest BCUT2D eigenvalue weighted by atomic mass is 35.5. The number of benzene rings is 2. The predicted octanol–water partition coefficient (Wildman–Crippen LogP) is 4.30. The van der Waals surface area contributed by atoms with Gasteiger partial charge in [-0.2, -0.15) is 4.98 Å². The molecule has 0 saturated heterocycles. The molecule has 9 nitrogen and oxygen atoms in total. The summed E-state index contributed by atoms with van der Waals surface area (Å²) in [6, 6.07) is 7.86. The normalized spacial score (nSPS) is 14.6. The number of hydrogen-bond donors (Lipinski definition) is 3. The average Bonchev–Trinajstić information content (AvgIpc) is 2.77. The lowest BCUT2D eigenvalue weighted by Crippen LogP contribution is -2.34. The molecule has 0 fully saturated rings. The van der Waals surface area contributed by atoms with Crippen molar-refractivity contribution >= 4 is 52.6 Å². The second-order valence-electron chi connectivity index (χ2n) is 6.79. The minimum absolute atomic E-state index is 0.0293. The van der Waals surface area contributed by atoms with Gasteiger partial charge >= 0.3 is 0 Å². The molecule has 4 rings (SSSR count). The number of aldehydes is 1. The molecular formula is C21H17ClFN5O4. The van der Waals surface area contributed by atoms with Gasteiger partial charge in [-0.1, -0.05) is 11.6 Å². The lowest BCUT2D eigenvalue weighted by atomic mass is 10.2. The SMILES string of the molecule is COc1cc(C=O)c(Nc2ncc(F)c(Nc3ccc4c(c3)NC(=O)[C@H](C)O4)n2)cc1Cl. The first-order valence-corrected chi connectivity index (χ1v) is 9.76. The van der Waals surface area contributed by atoms with Gasteiger partial charge in [0.1, 0.15) is 11.5 Å². The van der Waals surface area contributed by atoms with Gasteiger partial charge in [0.25, 0.3) is 5.91 Å². The quantitative estimate of drug-likeness (QED) is 0.469. The molecule has 11 heteroatoms. The number of hydrogen-bond acceptors (Lipinski definition) is 8. The van der Waals surface area contributed by atoms with E-state index in [1.165, 1.54) is 19.2 Å². The zero-order chi connectivity index (χ0) is 22.8. The van der Waals surface area contributed by atoms with Crippen LogP contribution in [-0.4, -0.2) is 35.4 Å². The van der Waals surface area contributed by atoms with Crippen LogP contribution >= 0.6 is 11.6 Å². The van der Waals surface area contributed by atoms with Crippen molar-refractivity contribution in [3.8, 4) is 11.5 Å². The number of carbonyl (C=O) groups excluding carboxylic acids is 2. The molecule has 2 aromatic carbocycles. The zero-order valence-corrected chi connectivity index (χ0v) is 17.7. The molecule has 1 aliphatic rings. The molecule has 0 spiro atoms. The summed E-state index contributed by atoms with van der Waals surface area (Å²) in [5.41, 5.74) is 1.50. The first-order chi connectivity index (χ1) is 15.4. The van der Waals surface area contributed by atoms with Crippen LogP contribution in [0, 0.1) is 5.82 Å². The van der Waals surface area contributed by atoms with Crippen LogP contribution in [-0.2, 0) is 4.79 Å². The minimum atomic E-state index is -0.703. The number of ether oxygens (including phenoxy) is 2. The molecule has 1 aromatic heterocycles. The van der Waals surface area contributed by atoms with Gasteiger partial charge in [-0.25, -0.2) is 9.37 Å². The van der Waals surface area contributed by atoms with Crippen molar-refractivity contribution in [1.29, 1.82) is 0 Å². The van der Waals surface area contributed by atoms with E-state index in [4.69, 9.17) is 21.1 Å². The van der Waals surface area contributed by atoms with Gasteiger partial charge in [-0.3, -0.25) is 9.59 Å². The summed E-state index contributed by atoms with van der Waals surface area (Å²) in [6.45, 7) is 1.64. The van der Waals surface area contributed by atoms with E-state index in [9.17, 15) is 14.0 Å². The number of fused-ring (bicyclic) bond motifs is 1. The summed E-state index contributed by atoms with van der Waals surface area (Å²) in [6.07, 6.45) is 1.000. The molecule has 1 amide bonds. The monoisotopic (exact) mass is 457 g/mol. The number of nitrogens with one attached hydrogen (secondary N) is 3. The van der Waals surface area contributed by atoms with Crippen LogP contribution in [0.15, 0.2) is 36.5 Å². The Morgan fingerprint density at radius 2 is 2.09 bits per heavy atom. The first-order valence-electron chi connectivity index (χ1n) is 9.39. The summed E-state index contributed by atoms with van der Waals surface area (Å²) >= 11 is 6.13. The van der Waals surface area contributed by atoms with Crippen molar-refractivity contribution in [3.05, 3.63) is 52.9 Å². The molecule has 2 heterocycles. The highest BCUT2D eigenvalue weighted by molar-refractivity contribution is 6.32. The van der Waals surface area contributed by atoms with Gasteiger partial charge < -0.3 is 25.4 Å². The summed E-state index contributed by atoms with van der Waals surface area (Å²) in [7, 11) is 1.43. The Labute approximate surface area is 186 Å². The molecule has 0 saturated carbocycles. The summed E-state index contributed by atoms with van der Waals surface area (Å²) in [5.74, 6) is -0.234. The van der Waals surface area contributed by atoms with Crippen LogP contribution in [0.4, 0.5) is 33.2 Å². The van der Waals surface area contributed by atoms with Crippen LogP contribution in [0.3, 0.4) is 0 Å². The highest BCUT2D eigenvalue weighted by Gasteiger charge is 2.23. The van der Waals surface area contributed by atoms with Crippen molar-refractivity contribution in [2.45, 2.75) is 13.0 Å². The van der Waals surface area contributed by atoms with E-state index >= 15 is 0 Å². The summed E-state index contributed by atoms with van der Waals surface area (Å²) in [4.78, 5) is 31.3. The topological polar surface area (TPSA) is 114 Å². The molecule has 0 radical (unpaired) electrons. The van der Waals surface area contributed by atoms with E-state index in [1.807, 2.05) is 0 Å².